The van der Waals surface area contributed by atoms with Gasteiger partial charge in [-0.1, -0.05) is 89.2 Å². The van der Waals surface area contributed by atoms with Gasteiger partial charge in [0.2, 0.25) is 0 Å². The summed E-state index contributed by atoms with van der Waals surface area (Å²) in [6, 6.07) is 18.0. The SMILES string of the molecule is CC(C)(C)/C(Cc1ccccc1)=N/OCC(=O)Nc1ccc(C(C)(C)C)cc1. The third kappa shape index (κ3) is 6.84. The lowest BCUT2D eigenvalue weighted by Gasteiger charge is -2.21. The van der Waals surface area contributed by atoms with Gasteiger partial charge in [-0.25, -0.2) is 0 Å². The Kier molecular flexibility index (Phi) is 7.00. The number of carbonyl (C=O) groups excluding carboxylic acids is 1. The molecule has 2 aromatic rings. The molecule has 150 valence electrons. The van der Waals surface area contributed by atoms with Crippen LogP contribution < -0.4 is 5.32 Å². The van der Waals surface area contributed by atoms with E-state index in [0.29, 0.717) is 6.42 Å². The third-order valence-corrected chi connectivity index (χ3v) is 4.49. The molecule has 0 unspecified atom stereocenters. The van der Waals surface area contributed by atoms with Gasteiger partial charge >= 0.3 is 0 Å². The van der Waals surface area contributed by atoms with Crippen LogP contribution in [-0.4, -0.2) is 18.2 Å². The fourth-order valence-corrected chi connectivity index (χ4v) is 2.64. The molecule has 0 radical (unpaired) electrons. The van der Waals surface area contributed by atoms with Crippen LogP contribution in [0.2, 0.25) is 0 Å². The zero-order valence-electron chi connectivity index (χ0n) is 17.9. The van der Waals surface area contributed by atoms with Crippen LogP contribution in [0, 0.1) is 5.41 Å². The Bertz CT molecular complexity index is 795. The summed E-state index contributed by atoms with van der Waals surface area (Å²) in [5.41, 5.74) is 3.99. The van der Waals surface area contributed by atoms with Crippen molar-refractivity contribution in [2.75, 3.05) is 11.9 Å². The van der Waals surface area contributed by atoms with Crippen molar-refractivity contribution in [1.82, 2.24) is 0 Å². The van der Waals surface area contributed by atoms with Gasteiger partial charge in [-0.2, -0.15) is 0 Å². The lowest BCUT2D eigenvalue weighted by molar-refractivity contribution is -0.120. The molecule has 0 aromatic heterocycles. The Labute approximate surface area is 169 Å². The van der Waals surface area contributed by atoms with Crippen molar-refractivity contribution >= 4 is 17.3 Å². The molecule has 4 heteroatoms. The molecular formula is C24H32N2O2. The number of nitrogens with one attached hydrogen (secondary N) is 1. The van der Waals surface area contributed by atoms with Gasteiger partial charge < -0.3 is 10.2 Å². The van der Waals surface area contributed by atoms with E-state index in [-0.39, 0.29) is 23.3 Å². The fraction of sp³-hybridized carbons (Fsp3) is 0.417. The molecule has 0 atom stereocenters. The van der Waals surface area contributed by atoms with Gasteiger partial charge in [-0.05, 0) is 28.7 Å². The number of oxime groups is 1. The van der Waals surface area contributed by atoms with Crippen LogP contribution in [0.1, 0.15) is 52.7 Å². The lowest BCUT2D eigenvalue weighted by Crippen LogP contribution is -2.24. The summed E-state index contributed by atoms with van der Waals surface area (Å²) < 4.78 is 0. The molecule has 2 aromatic carbocycles. The van der Waals surface area contributed by atoms with Crippen LogP contribution in [0.4, 0.5) is 5.69 Å². The molecule has 1 N–H and O–H groups in total. The first-order valence-electron chi connectivity index (χ1n) is 9.69. The number of rotatable bonds is 6. The molecule has 28 heavy (non-hydrogen) atoms. The first kappa shape index (κ1) is 21.7. The van der Waals surface area contributed by atoms with Crippen molar-refractivity contribution in [2.24, 2.45) is 10.6 Å². The number of carbonyl (C=O) groups is 1. The van der Waals surface area contributed by atoms with Crippen molar-refractivity contribution in [3.05, 3.63) is 65.7 Å². The first-order valence-corrected chi connectivity index (χ1v) is 9.69. The molecule has 0 aliphatic heterocycles. The van der Waals surface area contributed by atoms with Gasteiger partial charge in [0.25, 0.3) is 5.91 Å². The highest BCUT2D eigenvalue weighted by atomic mass is 16.6. The monoisotopic (exact) mass is 380 g/mol. The highest BCUT2D eigenvalue weighted by Gasteiger charge is 2.20. The van der Waals surface area contributed by atoms with Gasteiger partial charge in [0.1, 0.15) is 0 Å². The second-order valence-electron chi connectivity index (χ2n) is 9.10. The summed E-state index contributed by atoms with van der Waals surface area (Å²) in [4.78, 5) is 17.6. The van der Waals surface area contributed by atoms with Crippen molar-refractivity contribution in [3.8, 4) is 0 Å². The van der Waals surface area contributed by atoms with Crippen molar-refractivity contribution < 1.29 is 9.63 Å². The normalized spacial score (nSPS) is 12.6. The minimum absolute atomic E-state index is 0.0858. The molecular weight excluding hydrogens is 348 g/mol. The number of hydrogen-bond donors (Lipinski definition) is 1. The number of amides is 1. The summed E-state index contributed by atoms with van der Waals surface area (Å²) in [7, 11) is 0. The van der Waals surface area contributed by atoms with Gasteiger partial charge in [-0.15, -0.1) is 0 Å². The van der Waals surface area contributed by atoms with Crippen molar-refractivity contribution in [3.63, 3.8) is 0 Å². The number of benzene rings is 2. The summed E-state index contributed by atoms with van der Waals surface area (Å²) in [6.45, 7) is 12.6. The molecule has 0 aliphatic rings. The number of nitrogens with zero attached hydrogens (tertiary/aromatic N) is 1. The molecule has 4 nitrogen and oxygen atoms in total. The zero-order valence-corrected chi connectivity index (χ0v) is 17.9. The molecule has 0 aliphatic carbocycles. The highest BCUT2D eigenvalue weighted by molar-refractivity contribution is 5.92. The molecule has 2 rings (SSSR count). The van der Waals surface area contributed by atoms with Crippen LogP contribution in [-0.2, 0) is 21.5 Å². The van der Waals surface area contributed by atoms with E-state index in [1.807, 2.05) is 42.5 Å². The molecule has 1 amide bonds. The lowest BCUT2D eigenvalue weighted by atomic mass is 9.86. The van der Waals surface area contributed by atoms with E-state index in [1.54, 1.807) is 0 Å². The summed E-state index contributed by atoms with van der Waals surface area (Å²) in [5, 5.41) is 7.12. The van der Waals surface area contributed by atoms with Gasteiger partial charge in [0.05, 0.1) is 5.71 Å². The molecule has 0 saturated carbocycles. The Morgan fingerprint density at radius 3 is 2.07 bits per heavy atom. The minimum atomic E-state index is -0.222. The Hall–Kier alpha value is -2.62. The van der Waals surface area contributed by atoms with Crippen LogP contribution >= 0.6 is 0 Å². The average Bonchev–Trinajstić information content (AvgIpc) is 2.60. The second-order valence-corrected chi connectivity index (χ2v) is 9.10. The quantitative estimate of drug-likeness (QED) is 0.525. The summed E-state index contributed by atoms with van der Waals surface area (Å²) >= 11 is 0. The maximum atomic E-state index is 12.2. The maximum Gasteiger partial charge on any atom is 0.265 e. The first-order chi connectivity index (χ1) is 13.1. The average molecular weight is 381 g/mol. The predicted molar refractivity (Wildman–Crippen MR) is 117 cm³/mol. The molecule has 0 heterocycles. The zero-order chi connectivity index (χ0) is 20.8. The number of anilines is 1. The van der Waals surface area contributed by atoms with Crippen molar-refractivity contribution in [1.29, 1.82) is 0 Å². The van der Waals surface area contributed by atoms with Crippen LogP contribution in [0.25, 0.3) is 0 Å². The predicted octanol–water partition coefficient (Wildman–Crippen LogP) is 5.58. The van der Waals surface area contributed by atoms with E-state index in [0.717, 1.165) is 11.4 Å². The molecule has 0 saturated heterocycles. The van der Waals surface area contributed by atoms with E-state index in [2.05, 4.69) is 64.1 Å². The Morgan fingerprint density at radius 1 is 0.929 bits per heavy atom. The third-order valence-electron chi connectivity index (χ3n) is 4.49. The molecule has 0 spiro atoms. The second kappa shape index (κ2) is 9.05. The van der Waals surface area contributed by atoms with Crippen LogP contribution in [0.3, 0.4) is 0 Å². The van der Waals surface area contributed by atoms with Crippen LogP contribution in [0.15, 0.2) is 59.8 Å². The topological polar surface area (TPSA) is 50.7 Å². The van der Waals surface area contributed by atoms with Gasteiger partial charge in [0, 0.05) is 17.5 Å². The smallest absolute Gasteiger partial charge is 0.265 e. The van der Waals surface area contributed by atoms with E-state index in [4.69, 9.17) is 4.84 Å². The van der Waals surface area contributed by atoms with E-state index in [9.17, 15) is 4.79 Å². The van der Waals surface area contributed by atoms with Crippen molar-refractivity contribution in [2.45, 2.75) is 53.4 Å². The summed E-state index contributed by atoms with van der Waals surface area (Å²) in [5.74, 6) is -0.222. The molecule has 0 bridgehead atoms. The van der Waals surface area contributed by atoms with Gasteiger partial charge in [0.15, 0.2) is 6.61 Å². The standard InChI is InChI=1S/C24H32N2O2/c1-23(2,3)19-12-14-20(15-13-19)25-22(27)17-28-26-21(24(4,5)6)16-18-10-8-7-9-11-18/h7-15H,16-17H2,1-6H3,(H,25,27)/b26-21+. The van der Waals surface area contributed by atoms with E-state index in [1.165, 1.54) is 11.1 Å². The van der Waals surface area contributed by atoms with Crippen LogP contribution in [0.5, 0.6) is 0 Å². The Morgan fingerprint density at radius 2 is 1.54 bits per heavy atom. The van der Waals surface area contributed by atoms with E-state index >= 15 is 0 Å². The largest absolute Gasteiger partial charge is 0.386 e. The fourth-order valence-electron chi connectivity index (χ4n) is 2.64. The Balaban J connectivity index is 1.94. The summed E-state index contributed by atoms with van der Waals surface area (Å²) in [6.07, 6.45) is 0.695. The minimum Gasteiger partial charge on any atom is -0.386 e. The highest BCUT2D eigenvalue weighted by Crippen LogP contribution is 2.23. The molecule has 0 fully saturated rings. The van der Waals surface area contributed by atoms with Gasteiger partial charge in [-0.3, -0.25) is 4.79 Å². The number of hydrogen-bond acceptors (Lipinski definition) is 3. The maximum absolute atomic E-state index is 12.2. The van der Waals surface area contributed by atoms with E-state index < -0.39 is 0 Å².